The van der Waals surface area contributed by atoms with Gasteiger partial charge in [-0.05, 0) is 79.4 Å². The van der Waals surface area contributed by atoms with Crippen LogP contribution in [-0.4, -0.2) is 44.8 Å². The normalized spacial score (nSPS) is 18.6. The summed E-state index contributed by atoms with van der Waals surface area (Å²) >= 11 is 0. The molecule has 40 heavy (non-hydrogen) atoms. The smallest absolute Gasteiger partial charge is 0.331 e. The summed E-state index contributed by atoms with van der Waals surface area (Å²) in [5.41, 5.74) is 3.75. The minimum absolute atomic E-state index is 0.0142. The maximum Gasteiger partial charge on any atom is 0.331 e. The van der Waals surface area contributed by atoms with Crippen molar-refractivity contribution in [3.63, 3.8) is 0 Å². The Morgan fingerprint density at radius 1 is 0.875 bits per heavy atom. The van der Waals surface area contributed by atoms with E-state index in [0.29, 0.717) is 13.1 Å². The van der Waals surface area contributed by atoms with Gasteiger partial charge in [0.1, 0.15) is 11.6 Å². The highest BCUT2D eigenvalue weighted by molar-refractivity contribution is 5.73. The summed E-state index contributed by atoms with van der Waals surface area (Å²) in [6.07, 6.45) is 5.29. The van der Waals surface area contributed by atoms with Crippen molar-refractivity contribution < 1.29 is 13.9 Å². The van der Waals surface area contributed by atoms with Crippen molar-refractivity contribution in [3.8, 4) is 5.88 Å². The van der Waals surface area contributed by atoms with E-state index in [-0.39, 0.29) is 35.2 Å². The van der Waals surface area contributed by atoms with Gasteiger partial charge in [-0.3, -0.25) is 9.13 Å². The van der Waals surface area contributed by atoms with E-state index in [2.05, 4.69) is 9.80 Å². The molecule has 1 fully saturated rings. The van der Waals surface area contributed by atoms with Crippen LogP contribution in [0.2, 0.25) is 0 Å². The van der Waals surface area contributed by atoms with E-state index in [1.807, 2.05) is 36.4 Å². The molecule has 1 N–H and O–H groups in total. The Balaban J connectivity index is 1.04. The van der Waals surface area contributed by atoms with Gasteiger partial charge in [0.15, 0.2) is 0 Å². The number of aromatic nitrogens is 2. The molecule has 1 saturated heterocycles. The second-order valence-corrected chi connectivity index (χ2v) is 10.9. The largest absolute Gasteiger partial charge is 0.493 e. The Labute approximate surface area is 232 Å². The first-order valence-corrected chi connectivity index (χ1v) is 14.1. The third kappa shape index (κ3) is 5.28. The van der Waals surface area contributed by atoms with Crippen LogP contribution in [0.4, 0.5) is 20.2 Å². The Kier molecular flexibility index (Phi) is 7.43. The second-order valence-electron chi connectivity index (χ2n) is 10.9. The van der Waals surface area contributed by atoms with Crippen LogP contribution in [0.3, 0.4) is 0 Å². The highest BCUT2D eigenvalue weighted by Gasteiger charge is 2.42. The van der Waals surface area contributed by atoms with Crippen molar-refractivity contribution in [1.82, 2.24) is 14.0 Å². The zero-order valence-corrected chi connectivity index (χ0v) is 22.4. The summed E-state index contributed by atoms with van der Waals surface area (Å²) in [5, 5.41) is 10.3. The predicted octanol–water partition coefficient (Wildman–Crippen LogP) is 5.86. The van der Waals surface area contributed by atoms with E-state index >= 15 is 0 Å². The SMILES string of the molecule is O=c1n(CCCCCN2CC[C@@H]3[C@@H](C2)c2cc(F)ccc2N3c2ccc(F)cc2)cc(O)n1Cc1ccccc1. The van der Waals surface area contributed by atoms with Crippen molar-refractivity contribution in [2.24, 2.45) is 0 Å². The molecule has 208 valence electrons. The van der Waals surface area contributed by atoms with Gasteiger partial charge in [-0.25, -0.2) is 13.6 Å². The zero-order chi connectivity index (χ0) is 27.6. The minimum atomic E-state index is -0.264. The van der Waals surface area contributed by atoms with Crippen molar-refractivity contribution in [3.05, 3.63) is 112 Å². The molecule has 0 aliphatic carbocycles. The maximum absolute atomic E-state index is 14.3. The lowest BCUT2D eigenvalue weighted by molar-refractivity contribution is 0.193. The van der Waals surface area contributed by atoms with Crippen LogP contribution < -0.4 is 10.6 Å². The highest BCUT2D eigenvalue weighted by Crippen LogP contribution is 2.48. The fourth-order valence-corrected chi connectivity index (χ4v) is 6.36. The summed E-state index contributed by atoms with van der Waals surface area (Å²) in [6, 6.07) is 21.4. The number of imidazole rings is 1. The van der Waals surface area contributed by atoms with Gasteiger partial charge in [0.05, 0.1) is 12.7 Å². The van der Waals surface area contributed by atoms with E-state index in [1.54, 1.807) is 22.8 Å². The number of anilines is 2. The molecule has 6 nitrogen and oxygen atoms in total. The molecule has 2 aliphatic heterocycles. The molecule has 3 heterocycles. The highest BCUT2D eigenvalue weighted by atomic mass is 19.1. The van der Waals surface area contributed by atoms with Crippen LogP contribution in [0.25, 0.3) is 0 Å². The standard InChI is InChI=1S/C32H34F2N4O2/c33-24-9-12-26(13-10-24)38-29-14-11-25(34)19-27(29)28-21-35(18-15-30(28)38)16-5-2-6-17-36-22-31(39)37(32(36)40)20-23-7-3-1-4-8-23/h1,3-4,7-14,19,22,28,30,39H,2,5-6,15-18,20-21H2/t28-,30+/m0/s1. The van der Waals surface area contributed by atoms with Gasteiger partial charge in [0, 0.05) is 43.0 Å². The van der Waals surface area contributed by atoms with Gasteiger partial charge in [-0.2, -0.15) is 0 Å². The molecule has 0 saturated carbocycles. The average Bonchev–Trinajstić information content (AvgIpc) is 3.42. The van der Waals surface area contributed by atoms with Crippen LogP contribution >= 0.6 is 0 Å². The van der Waals surface area contributed by atoms with Gasteiger partial charge in [0.2, 0.25) is 5.88 Å². The van der Waals surface area contributed by atoms with Crippen LogP contribution in [0, 0.1) is 11.6 Å². The number of aromatic hydroxyl groups is 1. The fraction of sp³-hybridized carbons (Fsp3) is 0.344. The summed E-state index contributed by atoms with van der Waals surface area (Å²) in [7, 11) is 0. The first-order valence-electron chi connectivity index (χ1n) is 14.1. The van der Waals surface area contributed by atoms with Crippen LogP contribution in [0.1, 0.15) is 42.7 Å². The number of aryl methyl sites for hydroxylation is 1. The zero-order valence-electron chi connectivity index (χ0n) is 22.4. The maximum atomic E-state index is 14.3. The summed E-state index contributed by atoms with van der Waals surface area (Å²) < 4.78 is 30.9. The van der Waals surface area contributed by atoms with Gasteiger partial charge >= 0.3 is 5.69 Å². The number of benzene rings is 3. The molecule has 0 bridgehead atoms. The number of nitrogens with zero attached hydrogens (tertiary/aromatic N) is 4. The molecular weight excluding hydrogens is 510 g/mol. The molecule has 0 spiro atoms. The second kappa shape index (κ2) is 11.3. The Morgan fingerprint density at radius 2 is 1.62 bits per heavy atom. The summed E-state index contributed by atoms with van der Waals surface area (Å²) in [6.45, 7) is 3.67. The van der Waals surface area contributed by atoms with Crippen LogP contribution in [0.5, 0.6) is 5.88 Å². The molecule has 8 heteroatoms. The number of likely N-dealkylation sites (tertiary alicyclic amines) is 1. The predicted molar refractivity (Wildman–Crippen MR) is 152 cm³/mol. The number of fused-ring (bicyclic) bond motifs is 3. The number of hydrogen-bond donors (Lipinski definition) is 1. The van der Waals surface area contributed by atoms with E-state index in [4.69, 9.17) is 0 Å². The molecular formula is C32H34F2N4O2. The van der Waals surface area contributed by atoms with E-state index in [9.17, 15) is 18.7 Å². The van der Waals surface area contributed by atoms with Crippen LogP contribution in [-0.2, 0) is 13.1 Å². The Hall–Kier alpha value is -3.91. The van der Waals surface area contributed by atoms with Gasteiger partial charge in [-0.15, -0.1) is 0 Å². The van der Waals surface area contributed by atoms with Crippen molar-refractivity contribution in [2.45, 2.75) is 50.7 Å². The minimum Gasteiger partial charge on any atom is -0.493 e. The molecule has 1 aromatic heterocycles. The summed E-state index contributed by atoms with van der Waals surface area (Å²) in [4.78, 5) is 17.5. The summed E-state index contributed by atoms with van der Waals surface area (Å²) in [5.74, 6) is -0.315. The van der Waals surface area contributed by atoms with Crippen molar-refractivity contribution in [1.29, 1.82) is 0 Å². The monoisotopic (exact) mass is 544 g/mol. The molecule has 0 unspecified atom stereocenters. The van der Waals surface area contributed by atoms with Gasteiger partial charge in [0.25, 0.3) is 0 Å². The van der Waals surface area contributed by atoms with Crippen molar-refractivity contribution >= 4 is 11.4 Å². The molecule has 0 radical (unpaired) electrons. The quantitative estimate of drug-likeness (QED) is 0.268. The number of piperidine rings is 1. The van der Waals surface area contributed by atoms with Crippen molar-refractivity contribution in [2.75, 3.05) is 24.5 Å². The van der Waals surface area contributed by atoms with Gasteiger partial charge < -0.3 is 14.9 Å². The van der Waals surface area contributed by atoms with Gasteiger partial charge in [-0.1, -0.05) is 36.8 Å². The van der Waals surface area contributed by atoms with Crippen LogP contribution in [0.15, 0.2) is 83.8 Å². The van der Waals surface area contributed by atoms with E-state index < -0.39 is 0 Å². The lowest BCUT2D eigenvalue weighted by atomic mass is 9.89. The molecule has 4 aromatic rings. The fourth-order valence-electron chi connectivity index (χ4n) is 6.36. The lowest BCUT2D eigenvalue weighted by Gasteiger charge is -2.39. The molecule has 0 amide bonds. The molecule has 2 atom stereocenters. The average molecular weight is 545 g/mol. The number of unbranched alkanes of at least 4 members (excludes halogenated alkanes) is 2. The number of hydrogen-bond acceptors (Lipinski definition) is 4. The van der Waals surface area contributed by atoms with E-state index in [0.717, 1.165) is 67.8 Å². The molecule has 3 aromatic carbocycles. The van der Waals surface area contributed by atoms with E-state index in [1.165, 1.54) is 29.0 Å². The molecule has 6 rings (SSSR count). The Bertz CT molecular complexity index is 1520. The topological polar surface area (TPSA) is 53.6 Å². The molecule has 2 aliphatic rings. The first kappa shape index (κ1) is 26.3. The number of halogens is 2. The third-order valence-electron chi connectivity index (χ3n) is 8.33. The lowest BCUT2D eigenvalue weighted by Crippen LogP contribution is -2.45. The third-order valence-corrected chi connectivity index (χ3v) is 8.33. The Morgan fingerprint density at radius 3 is 2.42 bits per heavy atom. The first-order chi connectivity index (χ1) is 19.5. The number of rotatable bonds is 9.